The van der Waals surface area contributed by atoms with Crippen LogP contribution in [0.1, 0.15) is 0 Å². The van der Waals surface area contributed by atoms with Crippen molar-refractivity contribution < 1.29 is 23.9 Å². The number of anilines is 1. The third kappa shape index (κ3) is 4.96. The van der Waals surface area contributed by atoms with E-state index in [2.05, 4.69) is 15.0 Å². The average molecular weight is 265 g/mol. The van der Waals surface area contributed by atoms with Gasteiger partial charge in [-0.2, -0.15) is 4.98 Å². The molecule has 0 atom stereocenters. The summed E-state index contributed by atoms with van der Waals surface area (Å²) in [6.07, 6.45) is 0.534. The summed E-state index contributed by atoms with van der Waals surface area (Å²) >= 11 is 0. The summed E-state index contributed by atoms with van der Waals surface area (Å²) in [6.45, 7) is -0.467. The quantitative estimate of drug-likeness (QED) is 0.334. The topological polar surface area (TPSA) is 123 Å². The Balaban J connectivity index is 2.48. The molecule has 0 aliphatic carbocycles. The zero-order chi connectivity index (χ0) is 12.9. The van der Waals surface area contributed by atoms with E-state index in [1.807, 2.05) is 0 Å². The second-order valence-electron chi connectivity index (χ2n) is 2.92. The molecular formula is C7H12N3O6P. The molecule has 0 aliphatic rings. The maximum Gasteiger partial charge on any atom is 0.382 e. The number of hydrogen-bond acceptors (Lipinski definition) is 6. The first kappa shape index (κ1) is 13.7. The third-order valence-electron chi connectivity index (χ3n) is 1.56. The zero-order valence-corrected chi connectivity index (χ0v) is 9.83. The van der Waals surface area contributed by atoms with Crippen molar-refractivity contribution in [3.8, 4) is 0 Å². The number of hydrogen-bond donors (Lipinski definition) is 3. The van der Waals surface area contributed by atoms with Crippen LogP contribution in [-0.2, 0) is 9.30 Å². The van der Waals surface area contributed by atoms with Crippen LogP contribution in [0.4, 0.5) is 5.82 Å². The second-order valence-corrected chi connectivity index (χ2v) is 4.50. The van der Waals surface area contributed by atoms with Crippen molar-refractivity contribution in [1.29, 1.82) is 0 Å². The average Bonchev–Trinajstić information content (AvgIpc) is 2.24. The van der Waals surface area contributed by atoms with Gasteiger partial charge in [0.2, 0.25) is 6.79 Å². The Morgan fingerprint density at radius 2 is 2.29 bits per heavy atom. The van der Waals surface area contributed by atoms with Gasteiger partial charge in [-0.1, -0.05) is 0 Å². The van der Waals surface area contributed by atoms with E-state index in [1.54, 1.807) is 7.05 Å². The SMILES string of the molecule is CNc1ccn(OCOCP(=O)(O)O)c(=O)n1. The first-order valence-electron chi connectivity index (χ1n) is 4.45. The van der Waals surface area contributed by atoms with Gasteiger partial charge in [-0.25, -0.2) is 4.79 Å². The van der Waals surface area contributed by atoms with Gasteiger partial charge < -0.3 is 24.7 Å². The summed E-state index contributed by atoms with van der Waals surface area (Å²) in [5, 5.41) is 2.67. The van der Waals surface area contributed by atoms with Crippen LogP contribution in [0.15, 0.2) is 17.1 Å². The van der Waals surface area contributed by atoms with E-state index in [0.29, 0.717) is 5.82 Å². The fraction of sp³-hybridized carbons (Fsp3) is 0.429. The van der Waals surface area contributed by atoms with Crippen molar-refractivity contribution in [2.24, 2.45) is 0 Å². The van der Waals surface area contributed by atoms with E-state index >= 15 is 0 Å². The van der Waals surface area contributed by atoms with Gasteiger partial charge in [0, 0.05) is 13.1 Å². The zero-order valence-electron chi connectivity index (χ0n) is 8.94. The molecule has 17 heavy (non-hydrogen) atoms. The van der Waals surface area contributed by atoms with E-state index in [-0.39, 0.29) is 0 Å². The molecule has 1 rings (SSSR count). The van der Waals surface area contributed by atoms with Crippen molar-refractivity contribution in [3.05, 3.63) is 22.7 Å². The molecule has 0 saturated carbocycles. The highest BCUT2D eigenvalue weighted by Gasteiger charge is 2.12. The van der Waals surface area contributed by atoms with Crippen molar-refractivity contribution in [2.45, 2.75) is 0 Å². The van der Waals surface area contributed by atoms with Crippen LogP contribution in [0.2, 0.25) is 0 Å². The number of nitrogens with one attached hydrogen (secondary N) is 1. The summed E-state index contributed by atoms with van der Waals surface area (Å²) in [6, 6.07) is 1.49. The van der Waals surface area contributed by atoms with E-state index in [9.17, 15) is 9.36 Å². The highest BCUT2D eigenvalue weighted by molar-refractivity contribution is 7.51. The van der Waals surface area contributed by atoms with Crippen molar-refractivity contribution >= 4 is 13.4 Å². The largest absolute Gasteiger partial charge is 0.382 e. The number of nitrogens with zero attached hydrogens (tertiary/aromatic N) is 2. The molecule has 0 saturated heterocycles. The van der Waals surface area contributed by atoms with E-state index in [1.165, 1.54) is 12.3 Å². The van der Waals surface area contributed by atoms with E-state index < -0.39 is 26.4 Å². The summed E-state index contributed by atoms with van der Waals surface area (Å²) in [5.41, 5.74) is -0.670. The molecule has 10 heteroatoms. The molecule has 0 radical (unpaired) electrons. The molecular weight excluding hydrogens is 253 g/mol. The minimum Gasteiger partial charge on any atom is -0.381 e. The minimum atomic E-state index is -4.23. The maximum absolute atomic E-state index is 11.3. The molecule has 0 aromatic carbocycles. The highest BCUT2D eigenvalue weighted by Crippen LogP contribution is 2.33. The molecule has 1 aromatic rings. The molecule has 1 aromatic heterocycles. The lowest BCUT2D eigenvalue weighted by Crippen LogP contribution is -2.30. The van der Waals surface area contributed by atoms with Gasteiger partial charge in [-0.15, -0.1) is 4.73 Å². The van der Waals surface area contributed by atoms with Gasteiger partial charge in [0.15, 0.2) is 6.35 Å². The number of aromatic nitrogens is 2. The second kappa shape index (κ2) is 5.78. The summed E-state index contributed by atoms with van der Waals surface area (Å²) in [5.74, 6) is 0.381. The molecule has 9 nitrogen and oxygen atoms in total. The van der Waals surface area contributed by atoms with Crippen LogP contribution < -0.4 is 15.8 Å². The third-order valence-corrected chi connectivity index (χ3v) is 2.08. The molecule has 0 amide bonds. The van der Waals surface area contributed by atoms with Gasteiger partial charge in [0.1, 0.15) is 5.82 Å². The molecule has 0 spiro atoms. The smallest absolute Gasteiger partial charge is 0.381 e. The summed E-state index contributed by atoms with van der Waals surface area (Å²) in [7, 11) is -2.62. The summed E-state index contributed by atoms with van der Waals surface area (Å²) in [4.78, 5) is 36.6. The Hall–Kier alpha value is -1.41. The Morgan fingerprint density at radius 1 is 1.59 bits per heavy atom. The maximum atomic E-state index is 11.3. The lowest BCUT2D eigenvalue weighted by Gasteiger charge is -2.09. The molecule has 96 valence electrons. The summed E-state index contributed by atoms with van der Waals surface area (Å²) < 4.78 is 15.7. The monoisotopic (exact) mass is 265 g/mol. The van der Waals surface area contributed by atoms with Crippen LogP contribution >= 0.6 is 7.60 Å². The van der Waals surface area contributed by atoms with Gasteiger partial charge in [-0.05, 0) is 0 Å². The highest BCUT2D eigenvalue weighted by atomic mass is 31.2. The minimum absolute atomic E-state index is 0.381. The van der Waals surface area contributed by atoms with Crippen molar-refractivity contribution in [3.63, 3.8) is 0 Å². The van der Waals surface area contributed by atoms with E-state index in [0.717, 1.165) is 4.73 Å². The Morgan fingerprint density at radius 3 is 2.82 bits per heavy atom. The van der Waals surface area contributed by atoms with E-state index in [4.69, 9.17) is 14.6 Å². The predicted molar refractivity (Wildman–Crippen MR) is 57.5 cm³/mol. The van der Waals surface area contributed by atoms with Crippen LogP contribution in [0.5, 0.6) is 0 Å². The van der Waals surface area contributed by atoms with Gasteiger partial charge in [0.05, 0.1) is 6.20 Å². The molecule has 1 heterocycles. The van der Waals surface area contributed by atoms with Crippen molar-refractivity contribution in [2.75, 3.05) is 25.5 Å². The lowest BCUT2D eigenvalue weighted by molar-refractivity contribution is -0.0533. The molecule has 0 unspecified atom stereocenters. The van der Waals surface area contributed by atoms with Crippen LogP contribution in [0.25, 0.3) is 0 Å². The Bertz CT molecular complexity index is 469. The van der Waals surface area contributed by atoms with Crippen molar-refractivity contribution in [1.82, 2.24) is 9.71 Å². The number of ether oxygens (including phenoxy) is 1. The van der Waals surface area contributed by atoms with Gasteiger partial charge in [0.25, 0.3) is 0 Å². The molecule has 0 fully saturated rings. The standard InChI is InChI=1S/C7H12N3O6P/c1-8-6-2-3-10(7(11)9-6)16-4-15-5-17(12,13)14/h2-3H,4-5H2,1H3,(H,8,9,11)(H2,12,13,14). The van der Waals surface area contributed by atoms with Gasteiger partial charge in [-0.3, -0.25) is 4.57 Å². The predicted octanol–water partition coefficient (Wildman–Crippen LogP) is -1.18. The molecule has 0 bridgehead atoms. The normalized spacial score (nSPS) is 11.2. The number of rotatable bonds is 6. The Labute approximate surface area is 96.1 Å². The first-order valence-corrected chi connectivity index (χ1v) is 6.25. The lowest BCUT2D eigenvalue weighted by atomic mass is 10.6. The van der Waals surface area contributed by atoms with Crippen LogP contribution in [-0.4, -0.2) is 39.7 Å². The fourth-order valence-corrected chi connectivity index (χ4v) is 1.19. The van der Waals surface area contributed by atoms with Crippen LogP contribution in [0, 0.1) is 0 Å². The first-order chi connectivity index (χ1) is 7.92. The van der Waals surface area contributed by atoms with Gasteiger partial charge >= 0.3 is 13.3 Å². The Kier molecular flexibility index (Phi) is 4.64. The van der Waals surface area contributed by atoms with Crippen LogP contribution in [0.3, 0.4) is 0 Å². The fourth-order valence-electron chi connectivity index (χ4n) is 0.879. The molecule has 3 N–H and O–H groups in total. The molecule has 0 aliphatic heterocycles.